The number of furan rings is 1. The predicted octanol–water partition coefficient (Wildman–Crippen LogP) is 8.90. The van der Waals surface area contributed by atoms with Gasteiger partial charge in [-0.2, -0.15) is 0 Å². The van der Waals surface area contributed by atoms with Crippen molar-refractivity contribution in [2.75, 3.05) is 0 Å². The first-order valence-electron chi connectivity index (χ1n) is 13.8. The van der Waals surface area contributed by atoms with Crippen molar-refractivity contribution in [3.05, 3.63) is 156 Å². The van der Waals surface area contributed by atoms with Gasteiger partial charge in [-0.25, -0.2) is 9.98 Å². The van der Waals surface area contributed by atoms with Gasteiger partial charge in [-0.15, -0.1) is 0 Å². The number of nitrogens with one attached hydrogen (secondary N) is 1. The highest BCUT2D eigenvalue weighted by Crippen LogP contribution is 2.41. The third kappa shape index (κ3) is 4.09. The molecule has 1 N–H and O–H groups in total. The van der Waals surface area contributed by atoms with Crippen molar-refractivity contribution < 1.29 is 4.42 Å². The molecule has 0 saturated heterocycles. The molecule has 0 saturated carbocycles. The molecule has 0 amide bonds. The Balaban J connectivity index is 1.41. The van der Waals surface area contributed by atoms with Gasteiger partial charge in [-0.05, 0) is 40.1 Å². The van der Waals surface area contributed by atoms with Crippen molar-refractivity contribution in [1.29, 1.82) is 0 Å². The molecular weight excluding hydrogens is 502 g/mol. The van der Waals surface area contributed by atoms with Gasteiger partial charge in [0.2, 0.25) is 0 Å². The highest BCUT2D eigenvalue weighted by molar-refractivity contribution is 6.14. The lowest BCUT2D eigenvalue weighted by Gasteiger charge is -2.26. The van der Waals surface area contributed by atoms with E-state index in [1.807, 2.05) is 48.5 Å². The Labute approximate surface area is 237 Å². The minimum absolute atomic E-state index is 0.399. The van der Waals surface area contributed by atoms with E-state index in [2.05, 4.69) is 96.3 Å². The Morgan fingerprint density at radius 1 is 0.561 bits per heavy atom. The van der Waals surface area contributed by atoms with Gasteiger partial charge < -0.3 is 9.73 Å². The minimum Gasteiger partial charge on any atom is -0.456 e. The van der Waals surface area contributed by atoms with Crippen molar-refractivity contribution in [2.24, 2.45) is 9.98 Å². The topological polar surface area (TPSA) is 49.9 Å². The third-order valence-corrected chi connectivity index (χ3v) is 7.74. The quantitative estimate of drug-likeness (QED) is 0.248. The molecule has 7 aromatic rings. The number of nitrogens with zero attached hydrogens (tertiary/aromatic N) is 2. The second-order valence-corrected chi connectivity index (χ2v) is 10.3. The highest BCUT2D eigenvalue weighted by Gasteiger charge is 2.27. The smallest absolute Gasteiger partial charge is 0.159 e. The predicted molar refractivity (Wildman–Crippen MR) is 168 cm³/mol. The molecule has 1 aromatic heterocycles. The van der Waals surface area contributed by atoms with E-state index in [4.69, 9.17) is 14.4 Å². The van der Waals surface area contributed by atoms with Crippen LogP contribution in [0.5, 0.6) is 0 Å². The molecule has 0 fully saturated rings. The van der Waals surface area contributed by atoms with E-state index in [1.165, 1.54) is 10.8 Å². The van der Waals surface area contributed by atoms with Crippen molar-refractivity contribution in [3.63, 3.8) is 0 Å². The average molecular weight is 528 g/mol. The number of benzene rings is 6. The average Bonchev–Trinajstić information content (AvgIpc) is 3.43. The van der Waals surface area contributed by atoms with E-state index in [1.54, 1.807) is 0 Å². The van der Waals surface area contributed by atoms with Crippen LogP contribution < -0.4 is 5.32 Å². The third-order valence-electron chi connectivity index (χ3n) is 7.74. The normalized spacial score (nSPS) is 15.1. The molecule has 1 unspecified atom stereocenters. The van der Waals surface area contributed by atoms with Gasteiger partial charge in [0.05, 0.1) is 0 Å². The lowest BCUT2D eigenvalue weighted by Crippen LogP contribution is -2.34. The molecule has 8 rings (SSSR count). The number of fused-ring (bicyclic) bond motifs is 4. The molecule has 1 aliphatic rings. The van der Waals surface area contributed by atoms with Crippen LogP contribution in [0.15, 0.2) is 154 Å². The van der Waals surface area contributed by atoms with Crippen molar-refractivity contribution in [3.8, 4) is 11.1 Å². The van der Waals surface area contributed by atoms with Crippen LogP contribution in [0.25, 0.3) is 43.8 Å². The zero-order valence-electron chi connectivity index (χ0n) is 22.2. The summed E-state index contributed by atoms with van der Waals surface area (Å²) in [6.07, 6.45) is -0.399. The Morgan fingerprint density at radius 3 is 2.10 bits per heavy atom. The molecule has 41 heavy (non-hydrogen) atoms. The maximum atomic E-state index is 6.36. The minimum atomic E-state index is -0.399. The Morgan fingerprint density at radius 2 is 1.27 bits per heavy atom. The van der Waals surface area contributed by atoms with Crippen LogP contribution in [0.3, 0.4) is 0 Å². The maximum absolute atomic E-state index is 6.36. The van der Waals surface area contributed by atoms with Crippen molar-refractivity contribution >= 4 is 44.4 Å². The van der Waals surface area contributed by atoms with E-state index >= 15 is 0 Å². The van der Waals surface area contributed by atoms with Gasteiger partial charge in [0.25, 0.3) is 0 Å². The zero-order valence-corrected chi connectivity index (χ0v) is 22.2. The first-order chi connectivity index (χ1) is 20.3. The molecule has 1 aliphatic heterocycles. The van der Waals surface area contributed by atoms with Crippen LogP contribution in [-0.2, 0) is 0 Å². The van der Waals surface area contributed by atoms with Crippen molar-refractivity contribution in [1.82, 2.24) is 5.32 Å². The van der Waals surface area contributed by atoms with E-state index in [0.717, 1.165) is 55.6 Å². The van der Waals surface area contributed by atoms with E-state index in [9.17, 15) is 0 Å². The second-order valence-electron chi connectivity index (χ2n) is 10.3. The van der Waals surface area contributed by atoms with E-state index in [0.29, 0.717) is 5.84 Å². The highest BCUT2D eigenvalue weighted by atomic mass is 16.3. The number of hydrogen-bond acceptors (Lipinski definition) is 4. The summed E-state index contributed by atoms with van der Waals surface area (Å²) >= 11 is 0. The number of para-hydroxylation sites is 1. The molecule has 0 bridgehead atoms. The maximum Gasteiger partial charge on any atom is 0.159 e. The van der Waals surface area contributed by atoms with Crippen molar-refractivity contribution in [2.45, 2.75) is 6.17 Å². The van der Waals surface area contributed by atoms with Gasteiger partial charge in [-0.1, -0.05) is 121 Å². The number of amidine groups is 2. The molecule has 0 aliphatic carbocycles. The van der Waals surface area contributed by atoms with Crippen LogP contribution >= 0.6 is 0 Å². The summed E-state index contributed by atoms with van der Waals surface area (Å²) in [6, 6.07) is 48.0. The molecule has 1 atom stereocenters. The van der Waals surface area contributed by atoms with Gasteiger partial charge in [0.15, 0.2) is 5.84 Å². The first kappa shape index (κ1) is 23.4. The van der Waals surface area contributed by atoms with E-state index < -0.39 is 6.17 Å². The summed E-state index contributed by atoms with van der Waals surface area (Å²) in [5.74, 6) is 1.49. The molecule has 4 heteroatoms. The van der Waals surface area contributed by atoms with Crippen LogP contribution in [0.1, 0.15) is 22.9 Å². The second kappa shape index (κ2) is 9.61. The largest absolute Gasteiger partial charge is 0.456 e. The monoisotopic (exact) mass is 527 g/mol. The molecular formula is C37H25N3O. The lowest BCUT2D eigenvalue weighted by atomic mass is 9.92. The lowest BCUT2D eigenvalue weighted by molar-refractivity contribution is 0.663. The van der Waals surface area contributed by atoms with Crippen LogP contribution in [0, 0.1) is 0 Å². The first-order valence-corrected chi connectivity index (χ1v) is 13.8. The molecule has 194 valence electrons. The summed E-state index contributed by atoms with van der Waals surface area (Å²) in [5, 5.41) is 8.25. The summed E-state index contributed by atoms with van der Waals surface area (Å²) in [5.41, 5.74) is 7.00. The fourth-order valence-corrected chi connectivity index (χ4v) is 5.79. The fraction of sp³-hybridized carbons (Fsp3) is 0.0270. The Hall–Kier alpha value is -5.48. The number of aliphatic imine (C=N–C) groups is 2. The van der Waals surface area contributed by atoms with Crippen LogP contribution in [0.4, 0.5) is 0 Å². The van der Waals surface area contributed by atoms with Gasteiger partial charge in [0, 0.05) is 27.5 Å². The number of rotatable bonds is 4. The standard InChI is InChI=1S/C37H25N3O/c1-3-12-25(13-4-1)35-38-36(26-14-5-2-6-15-26)40-37(39-35)34-29(28-20-19-24-11-7-8-16-27(24)23-28)21-22-32-33(34)30-17-9-10-18-31(30)41-32/h1-23,37H,(H,38,39,40). The molecule has 0 spiro atoms. The van der Waals surface area contributed by atoms with Gasteiger partial charge >= 0.3 is 0 Å². The van der Waals surface area contributed by atoms with E-state index in [-0.39, 0.29) is 0 Å². The number of hydrogen-bond donors (Lipinski definition) is 1. The zero-order chi connectivity index (χ0) is 27.2. The Bertz CT molecular complexity index is 2120. The molecule has 4 nitrogen and oxygen atoms in total. The summed E-state index contributed by atoms with van der Waals surface area (Å²) < 4.78 is 6.36. The summed E-state index contributed by atoms with van der Waals surface area (Å²) in [4.78, 5) is 10.3. The summed E-state index contributed by atoms with van der Waals surface area (Å²) in [7, 11) is 0. The Kier molecular flexibility index (Phi) is 5.49. The SMILES string of the molecule is c1ccc(C2=NC(c3c(-c4ccc5ccccc5c4)ccc4oc5ccccc5c34)NC(c3ccccc3)=N2)cc1. The van der Waals surface area contributed by atoms with Gasteiger partial charge in [-0.3, -0.25) is 0 Å². The van der Waals surface area contributed by atoms with Crippen LogP contribution in [-0.4, -0.2) is 11.7 Å². The molecule has 0 radical (unpaired) electrons. The van der Waals surface area contributed by atoms with Gasteiger partial charge in [0.1, 0.15) is 23.2 Å². The fourth-order valence-electron chi connectivity index (χ4n) is 5.79. The molecule has 6 aromatic carbocycles. The molecule has 2 heterocycles. The summed E-state index contributed by atoms with van der Waals surface area (Å²) in [6.45, 7) is 0. The van der Waals surface area contributed by atoms with Crippen LogP contribution in [0.2, 0.25) is 0 Å².